The molecular formula is C21H22N3O4S2+. The lowest BCUT2D eigenvalue weighted by Crippen LogP contribution is -2.29. The summed E-state index contributed by atoms with van der Waals surface area (Å²) in [5, 5.41) is 3.95. The summed E-state index contributed by atoms with van der Waals surface area (Å²) in [6.07, 6.45) is 2.49. The third-order valence-electron chi connectivity index (χ3n) is 4.33. The Morgan fingerprint density at radius 1 is 1.37 bits per heavy atom. The lowest BCUT2D eigenvalue weighted by atomic mass is 10.2. The summed E-state index contributed by atoms with van der Waals surface area (Å²) in [6.45, 7) is 6.09. The molecular weight excluding hydrogens is 422 g/mol. The van der Waals surface area contributed by atoms with Gasteiger partial charge >= 0.3 is 16.7 Å². The van der Waals surface area contributed by atoms with Crippen LogP contribution in [-0.2, 0) is 22.5 Å². The summed E-state index contributed by atoms with van der Waals surface area (Å²) in [6, 6.07) is 8.54. The molecule has 0 saturated heterocycles. The fourth-order valence-corrected chi connectivity index (χ4v) is 4.76. The fourth-order valence-electron chi connectivity index (χ4n) is 2.88. The van der Waals surface area contributed by atoms with Gasteiger partial charge in [-0.15, -0.1) is 0 Å². The molecule has 3 aromatic rings. The Bertz CT molecular complexity index is 1170. The minimum absolute atomic E-state index is 0.0557. The first-order valence-electron chi connectivity index (χ1n) is 9.27. The number of nitrogens with one attached hydrogen (secondary N) is 2. The van der Waals surface area contributed by atoms with E-state index in [1.54, 1.807) is 34.9 Å². The number of anilines is 1. The number of fused-ring (bicyclic) bond motifs is 1. The number of benzene rings is 1. The number of thiophene rings is 1. The highest BCUT2D eigenvalue weighted by molar-refractivity contribution is 7.99. The van der Waals surface area contributed by atoms with E-state index >= 15 is 0 Å². The quantitative estimate of drug-likeness (QED) is 0.249. The highest BCUT2D eigenvalue weighted by Gasteiger charge is 2.21. The first kappa shape index (κ1) is 21.8. The van der Waals surface area contributed by atoms with Gasteiger partial charge < -0.3 is 10.1 Å². The molecule has 1 amide bonds. The van der Waals surface area contributed by atoms with Crippen molar-refractivity contribution in [1.82, 2.24) is 4.57 Å². The summed E-state index contributed by atoms with van der Waals surface area (Å²) in [7, 11) is 1.29. The largest absolute Gasteiger partial charge is 0.465 e. The van der Waals surface area contributed by atoms with Crippen LogP contribution in [0, 0.1) is 0 Å². The summed E-state index contributed by atoms with van der Waals surface area (Å²) in [4.78, 5) is 42.5. The average molecular weight is 445 g/mol. The van der Waals surface area contributed by atoms with E-state index < -0.39 is 5.97 Å². The third kappa shape index (κ3) is 4.63. The van der Waals surface area contributed by atoms with Crippen LogP contribution in [0.15, 0.2) is 52.9 Å². The topological polar surface area (TPSA) is 91.5 Å². The van der Waals surface area contributed by atoms with Gasteiger partial charge in [-0.3, -0.25) is 4.79 Å². The lowest BCUT2D eigenvalue weighted by Gasteiger charge is -2.09. The second-order valence-corrected chi connectivity index (χ2v) is 8.42. The molecule has 1 aromatic carbocycles. The zero-order valence-electron chi connectivity index (χ0n) is 16.7. The number of esters is 1. The van der Waals surface area contributed by atoms with Crippen molar-refractivity contribution in [1.29, 1.82) is 0 Å². The molecule has 0 unspecified atom stereocenters. The van der Waals surface area contributed by atoms with Crippen molar-refractivity contribution in [3.8, 4) is 0 Å². The fraction of sp³-hybridized carbons (Fsp3) is 0.238. The Morgan fingerprint density at radius 2 is 2.13 bits per heavy atom. The van der Waals surface area contributed by atoms with Crippen molar-refractivity contribution in [2.45, 2.75) is 25.0 Å². The summed E-state index contributed by atoms with van der Waals surface area (Å²) in [5.74, 6) is -0.774. The molecule has 2 N–H and O–H groups in total. The van der Waals surface area contributed by atoms with Gasteiger partial charge in [-0.2, -0.15) is 4.57 Å². The van der Waals surface area contributed by atoms with E-state index in [2.05, 4.69) is 16.9 Å². The summed E-state index contributed by atoms with van der Waals surface area (Å²) in [5.41, 5.74) is 0.544. The molecule has 2 heterocycles. The minimum Gasteiger partial charge on any atom is -0.465 e. The van der Waals surface area contributed by atoms with E-state index in [1.807, 2.05) is 13.0 Å². The number of aryl methyl sites for hydroxylation is 1. The molecule has 0 atom stereocenters. The van der Waals surface area contributed by atoms with E-state index in [-0.39, 0.29) is 22.8 Å². The standard InChI is InChI=1S/C21H21N3O4S2/c1-4-10-24-19(26)15-11-13(5-2)30-18(15)23-21(24)29-12-17(25)22-16-9-7-6-8-14(16)20(27)28-3/h4,6-9,11H,1,5,10,12H2,2-3H3,(H,22,25)/p+1. The van der Waals surface area contributed by atoms with Gasteiger partial charge in [0.1, 0.15) is 11.9 Å². The van der Waals surface area contributed by atoms with Crippen LogP contribution in [0.1, 0.15) is 22.2 Å². The second-order valence-electron chi connectivity index (χ2n) is 6.32. The van der Waals surface area contributed by atoms with Gasteiger partial charge in [0, 0.05) is 4.88 Å². The van der Waals surface area contributed by atoms with Crippen molar-refractivity contribution < 1.29 is 19.3 Å². The van der Waals surface area contributed by atoms with Crippen LogP contribution in [0.25, 0.3) is 10.2 Å². The van der Waals surface area contributed by atoms with Crippen LogP contribution in [0.5, 0.6) is 0 Å². The number of H-pyrrole nitrogens is 1. The number of amides is 1. The van der Waals surface area contributed by atoms with Crippen LogP contribution < -0.4 is 15.9 Å². The Kier molecular flexibility index (Phi) is 7.07. The molecule has 0 aliphatic heterocycles. The number of rotatable bonds is 8. The van der Waals surface area contributed by atoms with Crippen LogP contribution in [-0.4, -0.2) is 29.3 Å². The van der Waals surface area contributed by atoms with Gasteiger partial charge in [-0.25, -0.2) is 14.6 Å². The Hall–Kier alpha value is -2.91. The third-order valence-corrected chi connectivity index (χ3v) is 6.53. The van der Waals surface area contributed by atoms with Gasteiger partial charge in [0.2, 0.25) is 5.91 Å². The Labute approximate surface area is 181 Å². The van der Waals surface area contributed by atoms with Gasteiger partial charge in [0.05, 0.1) is 24.1 Å². The molecule has 2 aromatic heterocycles. The number of ether oxygens (including phenoxy) is 1. The van der Waals surface area contributed by atoms with E-state index in [0.29, 0.717) is 22.8 Å². The van der Waals surface area contributed by atoms with Gasteiger partial charge in [0.25, 0.3) is 0 Å². The normalized spacial score (nSPS) is 10.7. The van der Waals surface area contributed by atoms with Crippen LogP contribution in [0.2, 0.25) is 0 Å². The molecule has 0 bridgehead atoms. The lowest BCUT2D eigenvalue weighted by molar-refractivity contribution is -0.404. The molecule has 9 heteroatoms. The van der Waals surface area contributed by atoms with E-state index in [1.165, 1.54) is 30.2 Å². The monoisotopic (exact) mass is 444 g/mol. The molecule has 3 rings (SSSR count). The smallest absolute Gasteiger partial charge is 0.347 e. The molecule has 7 nitrogen and oxygen atoms in total. The SMILES string of the molecule is C=CCn1c(SCC(=O)Nc2ccccc2C(=O)OC)[nH+]c2sc(CC)cc2c1=O. The maximum atomic E-state index is 12.9. The Morgan fingerprint density at radius 3 is 2.83 bits per heavy atom. The van der Waals surface area contributed by atoms with E-state index in [4.69, 9.17) is 4.74 Å². The number of thioether (sulfide) groups is 1. The predicted octanol–water partition coefficient (Wildman–Crippen LogP) is 3.14. The highest BCUT2D eigenvalue weighted by atomic mass is 32.2. The molecule has 30 heavy (non-hydrogen) atoms. The van der Waals surface area contributed by atoms with Crippen molar-refractivity contribution in [2.75, 3.05) is 18.2 Å². The van der Waals surface area contributed by atoms with Crippen LogP contribution in [0.3, 0.4) is 0 Å². The van der Waals surface area contributed by atoms with Crippen molar-refractivity contribution in [2.24, 2.45) is 0 Å². The zero-order valence-corrected chi connectivity index (χ0v) is 18.3. The number of allylic oxidation sites excluding steroid dienone is 1. The molecule has 0 radical (unpaired) electrons. The number of carbonyl (C=O) groups is 2. The number of hydrogen-bond acceptors (Lipinski definition) is 6. The number of aromatic nitrogens is 2. The van der Waals surface area contributed by atoms with E-state index in [9.17, 15) is 14.4 Å². The highest BCUT2D eigenvalue weighted by Crippen LogP contribution is 2.23. The average Bonchev–Trinajstić information content (AvgIpc) is 3.18. The van der Waals surface area contributed by atoms with Crippen molar-refractivity contribution in [3.63, 3.8) is 0 Å². The second kappa shape index (κ2) is 9.73. The first-order chi connectivity index (χ1) is 14.5. The van der Waals surface area contributed by atoms with Crippen LogP contribution >= 0.6 is 23.1 Å². The predicted molar refractivity (Wildman–Crippen MR) is 119 cm³/mol. The zero-order chi connectivity index (χ0) is 21.7. The van der Waals surface area contributed by atoms with Crippen molar-refractivity contribution in [3.05, 3.63) is 63.8 Å². The van der Waals surface area contributed by atoms with Crippen molar-refractivity contribution >= 4 is 50.9 Å². The molecule has 0 spiro atoms. The number of para-hydroxylation sites is 1. The maximum Gasteiger partial charge on any atom is 0.347 e. The molecule has 0 fully saturated rings. The number of carbonyl (C=O) groups excluding carboxylic acids is 2. The number of hydrogen-bond donors (Lipinski definition) is 1. The van der Waals surface area contributed by atoms with Gasteiger partial charge in [-0.1, -0.05) is 43.0 Å². The summed E-state index contributed by atoms with van der Waals surface area (Å²) >= 11 is 2.76. The molecule has 0 aliphatic rings. The molecule has 0 saturated carbocycles. The molecule has 156 valence electrons. The maximum absolute atomic E-state index is 12.9. The molecule has 0 aliphatic carbocycles. The van der Waals surface area contributed by atoms with E-state index in [0.717, 1.165) is 16.1 Å². The van der Waals surface area contributed by atoms with Gasteiger partial charge in [0.15, 0.2) is 4.83 Å². The number of aromatic amines is 1. The number of methoxy groups -OCH3 is 1. The number of nitrogens with zero attached hydrogens (tertiary/aromatic N) is 1. The summed E-state index contributed by atoms with van der Waals surface area (Å²) < 4.78 is 6.32. The minimum atomic E-state index is -0.526. The van der Waals surface area contributed by atoms with Crippen LogP contribution in [0.4, 0.5) is 5.69 Å². The van der Waals surface area contributed by atoms with Gasteiger partial charge in [-0.05, 0) is 36.4 Å². The first-order valence-corrected chi connectivity index (χ1v) is 11.1. The Balaban J connectivity index is 1.82.